The van der Waals surface area contributed by atoms with E-state index < -0.39 is 0 Å². The summed E-state index contributed by atoms with van der Waals surface area (Å²) >= 11 is 5.81. The molecule has 0 spiro atoms. The highest BCUT2D eigenvalue weighted by Gasteiger charge is 2.27. The Labute approximate surface area is 140 Å². The Hall–Kier alpha value is -0.230. The number of nitrogens with one attached hydrogen (secondary N) is 1. The van der Waals surface area contributed by atoms with Crippen LogP contribution < -0.4 is 10.2 Å². The van der Waals surface area contributed by atoms with E-state index in [9.17, 15) is 0 Å². The Morgan fingerprint density at radius 2 is 2.24 bits per heavy atom. The minimum absolute atomic E-state index is 0.331. The van der Waals surface area contributed by atoms with Crippen LogP contribution in [0.5, 0.6) is 0 Å². The number of rotatable bonds is 6. The third kappa shape index (κ3) is 5.16. The normalized spacial score (nSPS) is 18.0. The number of benzene rings is 1. The molecule has 5 heteroatoms. The van der Waals surface area contributed by atoms with Crippen molar-refractivity contribution >= 4 is 33.4 Å². The summed E-state index contributed by atoms with van der Waals surface area (Å²) < 4.78 is 6.56. The van der Waals surface area contributed by atoms with Crippen molar-refractivity contribution in [2.24, 2.45) is 0 Å². The first-order valence-electron chi connectivity index (χ1n) is 7.39. The zero-order chi connectivity index (χ0) is 15.3. The molecular weight excluding hydrogens is 348 g/mol. The molecule has 1 heterocycles. The van der Waals surface area contributed by atoms with Crippen LogP contribution in [0.4, 0.5) is 5.69 Å². The molecule has 21 heavy (non-hydrogen) atoms. The SMILES string of the molecule is COCCNCc1ccc(N2CCSC(C)(C)C2)c(Br)c1. The Bertz CT molecular complexity index is 468. The van der Waals surface area contributed by atoms with Gasteiger partial charge in [0.2, 0.25) is 0 Å². The molecule has 1 fully saturated rings. The van der Waals surface area contributed by atoms with Crippen molar-refractivity contribution in [3.05, 3.63) is 28.2 Å². The first-order valence-corrected chi connectivity index (χ1v) is 9.17. The summed E-state index contributed by atoms with van der Waals surface area (Å²) in [5.74, 6) is 1.19. The minimum atomic E-state index is 0.331. The van der Waals surface area contributed by atoms with E-state index in [4.69, 9.17) is 4.74 Å². The van der Waals surface area contributed by atoms with Crippen molar-refractivity contribution in [1.29, 1.82) is 0 Å². The summed E-state index contributed by atoms with van der Waals surface area (Å²) in [6.07, 6.45) is 0. The fraction of sp³-hybridized carbons (Fsp3) is 0.625. The molecule has 3 nitrogen and oxygen atoms in total. The third-order valence-electron chi connectivity index (χ3n) is 3.59. The maximum Gasteiger partial charge on any atom is 0.0587 e. The fourth-order valence-corrected chi connectivity index (χ4v) is 4.33. The maximum atomic E-state index is 5.04. The van der Waals surface area contributed by atoms with Crippen molar-refractivity contribution in [1.82, 2.24) is 5.32 Å². The van der Waals surface area contributed by atoms with Gasteiger partial charge in [-0.05, 0) is 47.5 Å². The van der Waals surface area contributed by atoms with Gasteiger partial charge in [-0.3, -0.25) is 0 Å². The van der Waals surface area contributed by atoms with Crippen molar-refractivity contribution in [3.8, 4) is 0 Å². The van der Waals surface area contributed by atoms with Gasteiger partial charge in [0.05, 0.1) is 12.3 Å². The topological polar surface area (TPSA) is 24.5 Å². The predicted molar refractivity (Wildman–Crippen MR) is 96.5 cm³/mol. The summed E-state index contributed by atoms with van der Waals surface area (Å²) in [7, 11) is 1.73. The van der Waals surface area contributed by atoms with Gasteiger partial charge >= 0.3 is 0 Å². The van der Waals surface area contributed by atoms with E-state index in [2.05, 4.69) is 70.0 Å². The largest absolute Gasteiger partial charge is 0.383 e. The van der Waals surface area contributed by atoms with Crippen LogP contribution in [0.1, 0.15) is 19.4 Å². The van der Waals surface area contributed by atoms with Gasteiger partial charge in [-0.1, -0.05) is 6.07 Å². The first kappa shape index (κ1) is 17.1. The lowest BCUT2D eigenvalue weighted by atomic mass is 10.1. The molecule has 1 aliphatic heterocycles. The summed E-state index contributed by atoms with van der Waals surface area (Å²) in [5.41, 5.74) is 2.61. The Morgan fingerprint density at radius 1 is 1.43 bits per heavy atom. The Morgan fingerprint density at radius 3 is 2.90 bits per heavy atom. The van der Waals surface area contributed by atoms with Crippen LogP contribution in [0.3, 0.4) is 0 Å². The second kappa shape index (κ2) is 7.86. The van der Waals surface area contributed by atoms with E-state index in [1.54, 1.807) is 7.11 Å². The van der Waals surface area contributed by atoms with Crippen LogP contribution in [-0.2, 0) is 11.3 Å². The van der Waals surface area contributed by atoms with E-state index in [0.717, 1.165) is 32.8 Å². The van der Waals surface area contributed by atoms with Crippen LogP contribution >= 0.6 is 27.7 Å². The van der Waals surface area contributed by atoms with Crippen molar-refractivity contribution in [2.45, 2.75) is 25.1 Å². The average molecular weight is 373 g/mol. The molecule has 0 aliphatic carbocycles. The van der Waals surface area contributed by atoms with Gasteiger partial charge in [-0.2, -0.15) is 11.8 Å². The minimum Gasteiger partial charge on any atom is -0.383 e. The molecule has 0 unspecified atom stereocenters. The van der Waals surface area contributed by atoms with Crippen molar-refractivity contribution in [2.75, 3.05) is 44.0 Å². The van der Waals surface area contributed by atoms with Gasteiger partial charge in [0, 0.05) is 48.3 Å². The highest BCUT2D eigenvalue weighted by molar-refractivity contribution is 9.10. The monoisotopic (exact) mass is 372 g/mol. The molecule has 0 amide bonds. The molecule has 1 aromatic carbocycles. The van der Waals surface area contributed by atoms with Crippen LogP contribution in [0.2, 0.25) is 0 Å². The lowest BCUT2D eigenvalue weighted by molar-refractivity contribution is 0.199. The van der Waals surface area contributed by atoms with Gasteiger partial charge in [-0.15, -0.1) is 0 Å². The molecule has 1 aliphatic rings. The number of thioether (sulfide) groups is 1. The van der Waals surface area contributed by atoms with Crippen LogP contribution in [-0.4, -0.2) is 43.9 Å². The maximum absolute atomic E-state index is 5.04. The van der Waals surface area contributed by atoms with E-state index >= 15 is 0 Å². The van der Waals surface area contributed by atoms with Gasteiger partial charge < -0.3 is 15.0 Å². The molecule has 1 aromatic rings. The van der Waals surface area contributed by atoms with Gasteiger partial charge in [0.1, 0.15) is 0 Å². The van der Waals surface area contributed by atoms with Gasteiger partial charge in [-0.25, -0.2) is 0 Å². The summed E-state index contributed by atoms with van der Waals surface area (Å²) in [4.78, 5) is 2.49. The van der Waals surface area contributed by atoms with Crippen LogP contribution in [0.25, 0.3) is 0 Å². The summed E-state index contributed by atoms with van der Waals surface area (Å²) in [5, 5.41) is 3.38. The first-order chi connectivity index (χ1) is 10.0. The lowest BCUT2D eigenvalue weighted by Crippen LogP contribution is -2.43. The molecule has 1 N–H and O–H groups in total. The zero-order valence-corrected chi connectivity index (χ0v) is 15.5. The number of nitrogens with zero attached hydrogens (tertiary/aromatic N) is 1. The quantitative estimate of drug-likeness (QED) is 0.772. The number of halogens is 1. The summed E-state index contributed by atoms with van der Waals surface area (Å²) in [6.45, 7) is 9.38. The standard InChI is InChI=1S/C16H25BrN2OS/c1-16(2)12-19(7-9-21-16)15-5-4-13(10-14(15)17)11-18-6-8-20-3/h4-5,10,18H,6-9,11-12H2,1-3H3. The molecule has 118 valence electrons. The van der Waals surface area contributed by atoms with Crippen LogP contribution in [0.15, 0.2) is 22.7 Å². The number of hydrogen-bond acceptors (Lipinski definition) is 4. The third-order valence-corrected chi connectivity index (χ3v) is 5.52. The van der Waals surface area contributed by atoms with E-state index in [1.807, 2.05) is 0 Å². The Balaban J connectivity index is 1.98. The molecule has 0 bridgehead atoms. The molecule has 2 rings (SSSR count). The lowest BCUT2D eigenvalue weighted by Gasteiger charge is -2.39. The van der Waals surface area contributed by atoms with Crippen LogP contribution in [0, 0.1) is 0 Å². The molecular formula is C16H25BrN2OS. The second-order valence-electron chi connectivity index (χ2n) is 5.99. The fourth-order valence-electron chi connectivity index (χ4n) is 2.55. The molecule has 0 atom stereocenters. The average Bonchev–Trinajstić information content (AvgIpc) is 2.42. The van der Waals surface area contributed by atoms with Gasteiger partial charge in [0.15, 0.2) is 0 Å². The number of hydrogen-bond donors (Lipinski definition) is 1. The molecule has 0 saturated carbocycles. The highest BCUT2D eigenvalue weighted by Crippen LogP contribution is 2.35. The number of ether oxygens (including phenoxy) is 1. The molecule has 1 saturated heterocycles. The highest BCUT2D eigenvalue weighted by atomic mass is 79.9. The second-order valence-corrected chi connectivity index (χ2v) is 8.64. The van der Waals surface area contributed by atoms with Crippen molar-refractivity contribution < 1.29 is 4.74 Å². The molecule has 0 radical (unpaired) electrons. The predicted octanol–water partition coefficient (Wildman–Crippen LogP) is 3.52. The van der Waals surface area contributed by atoms with Crippen molar-refractivity contribution in [3.63, 3.8) is 0 Å². The van der Waals surface area contributed by atoms with E-state index in [1.165, 1.54) is 21.5 Å². The number of anilines is 1. The summed E-state index contributed by atoms with van der Waals surface area (Å²) in [6, 6.07) is 6.68. The molecule has 0 aromatic heterocycles. The van der Waals surface area contributed by atoms with E-state index in [-0.39, 0.29) is 0 Å². The smallest absolute Gasteiger partial charge is 0.0587 e. The zero-order valence-electron chi connectivity index (χ0n) is 13.1. The Kier molecular flexibility index (Phi) is 6.41. The van der Waals surface area contributed by atoms with Gasteiger partial charge in [0.25, 0.3) is 0 Å². The van der Waals surface area contributed by atoms with E-state index in [0.29, 0.717) is 4.75 Å². The number of methoxy groups -OCH3 is 1.